The first-order chi connectivity index (χ1) is 42.0. The van der Waals surface area contributed by atoms with Crippen LogP contribution in [0.3, 0.4) is 0 Å². The molecule has 3 saturated heterocycles. The third-order valence-corrected chi connectivity index (χ3v) is 16.6. The van der Waals surface area contributed by atoms with E-state index in [2.05, 4.69) is 51.7 Å². The van der Waals surface area contributed by atoms with Crippen LogP contribution < -0.4 is 26.6 Å². The van der Waals surface area contributed by atoms with Crippen molar-refractivity contribution in [3.05, 3.63) is 108 Å². The smallest absolute Gasteiger partial charge is 0.251 e. The van der Waals surface area contributed by atoms with Gasteiger partial charge in [0.1, 0.15) is 66.9 Å². The number of aliphatic hydroxyl groups is 7. The average Bonchev–Trinajstić information content (AvgIpc) is 1.74. The van der Waals surface area contributed by atoms with E-state index in [0.717, 1.165) is 71.6 Å². The van der Waals surface area contributed by atoms with Gasteiger partial charge in [-0.1, -0.05) is 93.4 Å². The van der Waals surface area contributed by atoms with Crippen molar-refractivity contribution in [2.24, 2.45) is 5.92 Å². The van der Waals surface area contributed by atoms with Crippen LogP contribution in [0.4, 0.5) is 0 Å². The summed E-state index contributed by atoms with van der Waals surface area (Å²) in [6.45, 7) is 7.15. The maximum atomic E-state index is 14.9. The number of benzene rings is 3. The quantitative estimate of drug-likeness (QED) is 0.0583. The van der Waals surface area contributed by atoms with Crippen LogP contribution in [0.1, 0.15) is 101 Å². The summed E-state index contributed by atoms with van der Waals surface area (Å²) in [5, 5.41) is 103. The molecule has 25 nitrogen and oxygen atoms in total. The van der Waals surface area contributed by atoms with Crippen LogP contribution >= 0.6 is 0 Å². The highest BCUT2D eigenvalue weighted by Gasteiger charge is 2.52. The first-order valence-electron chi connectivity index (χ1n) is 30.3. The minimum Gasteiger partial charge on any atom is -0.508 e. The normalized spacial score (nSPS) is 29.1. The number of amides is 7. The molecular formula is C64H89N8O17+. The Morgan fingerprint density at radius 3 is 1.91 bits per heavy atom. The minimum absolute atomic E-state index is 0.0249. The number of quaternary nitrogens is 1. The van der Waals surface area contributed by atoms with Gasteiger partial charge in [0.05, 0.1) is 64.3 Å². The first-order valence-corrected chi connectivity index (χ1v) is 30.3. The van der Waals surface area contributed by atoms with Crippen LogP contribution in [0.15, 0.2) is 91.0 Å². The molecule has 8 unspecified atom stereocenters. The Balaban J connectivity index is 1.24. The van der Waals surface area contributed by atoms with Crippen LogP contribution in [0.5, 0.6) is 5.75 Å². The number of allylic oxidation sites excluding steroid dienone is 2. The molecule has 25 heteroatoms. The lowest BCUT2D eigenvalue weighted by molar-refractivity contribution is -0.870. The second-order valence-corrected chi connectivity index (χ2v) is 25.2. The molecule has 3 heterocycles. The molecule has 16 atom stereocenters. The van der Waals surface area contributed by atoms with E-state index in [1.165, 1.54) is 50.2 Å². The number of nitrogens with zero attached hydrogens (tertiary/aromatic N) is 3. The number of fused-ring (bicyclic) bond motifs is 2. The number of ether oxygens (including phenoxy) is 2. The van der Waals surface area contributed by atoms with Crippen LogP contribution in [0.2, 0.25) is 0 Å². The Labute approximate surface area is 518 Å². The number of unbranched alkanes of at least 4 members (excludes halogenated alkanes) is 2. The van der Waals surface area contributed by atoms with Gasteiger partial charge in [0.2, 0.25) is 35.4 Å². The average molecular weight is 1240 g/mol. The second kappa shape index (κ2) is 30.1. The summed E-state index contributed by atoms with van der Waals surface area (Å²) in [5.41, 5.74) is 1.78. The standard InChI is InChI=1S/C64H88N8O17/c1-9-10-11-29-88-45-26-22-41(23-27-45)39-14-12-38(13-15-39)40-16-18-43(19-17-40)56(80)65-46-31-48(76)61(89-30-28-72(6,7)8)69-60(84)52-53(77)35(2)33-70(52)62(85)49(36(3)73)67-59(83)51(55(79)54(78)42-20-24-44(75)25-21-42)68-58(82)47-32-64(5,87)34-71(47)63(86)50(37(4)74)66-57(46)81/h12-26,35-37,45-55,61,73-74,76-79,87H,9-11,27-34H2,1-8H3,(H5-,65,66,67,68,69,75,80,81,82,83,84)/p+1/t35-,36+,37+,45?,46?,47?,48+,49?,50?,51?,52?,53-,54-,55-,61?,64-/m0/s1. The zero-order chi connectivity index (χ0) is 65.2. The molecule has 4 aliphatic rings. The molecule has 0 bridgehead atoms. The van der Waals surface area contributed by atoms with Gasteiger partial charge in [0.25, 0.3) is 5.91 Å². The van der Waals surface area contributed by atoms with Crippen LogP contribution in [-0.2, 0) is 38.2 Å². The fourth-order valence-corrected chi connectivity index (χ4v) is 11.3. The molecule has 7 rings (SSSR count). The molecule has 0 aromatic heterocycles. The van der Waals surface area contributed by atoms with Gasteiger partial charge in [-0.2, -0.15) is 0 Å². The summed E-state index contributed by atoms with van der Waals surface area (Å²) >= 11 is 0. The molecule has 89 heavy (non-hydrogen) atoms. The Kier molecular flexibility index (Phi) is 23.4. The predicted octanol–water partition coefficient (Wildman–Crippen LogP) is -0.124. The first kappa shape index (κ1) is 69.3. The second-order valence-electron chi connectivity index (χ2n) is 25.2. The van der Waals surface area contributed by atoms with E-state index in [0.29, 0.717) is 11.1 Å². The summed E-state index contributed by atoms with van der Waals surface area (Å²) in [6.07, 6.45) is -4.13. The van der Waals surface area contributed by atoms with Crippen molar-refractivity contribution in [1.82, 2.24) is 36.4 Å². The Hall–Kier alpha value is -7.17. The molecule has 0 spiro atoms. The van der Waals surface area contributed by atoms with Crippen molar-refractivity contribution < 1.29 is 88.4 Å². The number of phenolic OH excluding ortho intramolecular Hbond substituents is 1. The van der Waals surface area contributed by atoms with E-state index in [1.807, 2.05) is 45.4 Å². The highest BCUT2D eigenvalue weighted by atomic mass is 16.5. The van der Waals surface area contributed by atoms with Gasteiger partial charge < -0.3 is 91.2 Å². The lowest BCUT2D eigenvalue weighted by atomic mass is 9.96. The largest absolute Gasteiger partial charge is 0.508 e. The molecular weight excluding hydrogens is 1150 g/mol. The topological polar surface area (TPSA) is 366 Å². The van der Waals surface area contributed by atoms with Crippen LogP contribution in [-0.4, -0.2) is 235 Å². The summed E-state index contributed by atoms with van der Waals surface area (Å²) < 4.78 is 12.5. The maximum Gasteiger partial charge on any atom is 0.251 e. The predicted molar refractivity (Wildman–Crippen MR) is 325 cm³/mol. The van der Waals surface area contributed by atoms with Crippen molar-refractivity contribution in [2.45, 2.75) is 164 Å². The third kappa shape index (κ3) is 17.8. The van der Waals surface area contributed by atoms with Crippen molar-refractivity contribution in [1.29, 1.82) is 0 Å². The molecule has 1 aliphatic carbocycles. The van der Waals surface area contributed by atoms with E-state index in [-0.39, 0.29) is 42.7 Å². The zero-order valence-corrected chi connectivity index (χ0v) is 51.7. The highest BCUT2D eigenvalue weighted by molar-refractivity contribution is 6.00. The van der Waals surface area contributed by atoms with E-state index in [4.69, 9.17) is 9.47 Å². The summed E-state index contributed by atoms with van der Waals surface area (Å²) in [5.74, 6) is -9.04. The van der Waals surface area contributed by atoms with Crippen molar-refractivity contribution >= 4 is 46.9 Å². The maximum absolute atomic E-state index is 14.9. The van der Waals surface area contributed by atoms with Gasteiger partial charge in [-0.05, 0) is 85.7 Å². The number of aromatic hydroxyl groups is 1. The lowest BCUT2D eigenvalue weighted by Crippen LogP contribution is -2.64. The molecule has 0 radical (unpaired) electrons. The van der Waals surface area contributed by atoms with Gasteiger partial charge in [-0.25, -0.2) is 0 Å². The van der Waals surface area contributed by atoms with Crippen LogP contribution in [0.25, 0.3) is 16.7 Å². The third-order valence-electron chi connectivity index (χ3n) is 16.6. The SMILES string of the molecule is CCCCCOC1C=CC(c2ccc(-c3ccc(C(=O)NC4C[C@@H](O)C(OCC[N+](C)(C)C)NC(=O)C5[C@@H](O)[C@@H](C)CN5C(=O)C([C@@H](C)O)NC(=O)C([C@H](O)[C@@H](O)c5ccc(O)cc5)NC(=O)C5C[C@](C)(O)CN5C(=O)C([C@@H](C)O)NC4=O)cc3)cc2)=CC1. The number of carbonyl (C=O) groups is 7. The van der Waals surface area contributed by atoms with Crippen molar-refractivity contribution in [3.8, 4) is 16.9 Å². The number of phenols is 1. The Bertz CT molecular complexity index is 3020. The molecule has 3 aromatic rings. The van der Waals surface area contributed by atoms with Gasteiger partial charge in [0, 0.05) is 37.5 Å². The molecule has 486 valence electrons. The van der Waals surface area contributed by atoms with Crippen LogP contribution in [0, 0.1) is 5.92 Å². The number of rotatable bonds is 18. The highest BCUT2D eigenvalue weighted by Crippen LogP contribution is 2.32. The summed E-state index contributed by atoms with van der Waals surface area (Å²) in [6, 6.07) is 7.54. The number of carbonyl (C=O) groups excluding carboxylic acids is 7. The minimum atomic E-state index is -2.29. The Morgan fingerprint density at radius 2 is 1.33 bits per heavy atom. The van der Waals surface area contributed by atoms with E-state index < -0.39 is 151 Å². The van der Waals surface area contributed by atoms with Gasteiger partial charge in [0.15, 0.2) is 6.23 Å². The van der Waals surface area contributed by atoms with E-state index in [1.54, 1.807) is 12.1 Å². The molecule has 3 fully saturated rings. The van der Waals surface area contributed by atoms with Gasteiger partial charge >= 0.3 is 0 Å². The van der Waals surface area contributed by atoms with E-state index >= 15 is 0 Å². The molecule has 0 saturated carbocycles. The van der Waals surface area contributed by atoms with Gasteiger partial charge in [-0.3, -0.25) is 33.6 Å². The molecule has 3 aromatic carbocycles. The van der Waals surface area contributed by atoms with Crippen molar-refractivity contribution in [3.63, 3.8) is 0 Å². The summed E-state index contributed by atoms with van der Waals surface area (Å²) in [4.78, 5) is 104. The number of nitrogens with one attached hydrogen (secondary N) is 5. The zero-order valence-electron chi connectivity index (χ0n) is 51.7. The van der Waals surface area contributed by atoms with E-state index in [9.17, 15) is 74.4 Å². The number of hydrogen-bond donors (Lipinski definition) is 13. The molecule has 3 aliphatic heterocycles. The monoisotopic (exact) mass is 1240 g/mol. The molecule has 7 amide bonds. The number of hydrogen-bond acceptors (Lipinski definition) is 17. The van der Waals surface area contributed by atoms with Gasteiger partial charge in [-0.15, -0.1) is 0 Å². The summed E-state index contributed by atoms with van der Waals surface area (Å²) in [7, 11) is 5.53. The van der Waals surface area contributed by atoms with Crippen molar-refractivity contribution in [2.75, 3.05) is 54.0 Å². The molecule has 13 N–H and O–H groups in total. The fourth-order valence-electron chi connectivity index (χ4n) is 11.3. The number of aliphatic hydroxyl groups excluding tert-OH is 6. The Morgan fingerprint density at radius 1 is 0.742 bits per heavy atom. The fraction of sp³-hybridized carbons (Fsp3) is 0.547. The number of likely N-dealkylation sites (N-methyl/N-ethyl adjacent to an activating group) is 1. The lowest BCUT2D eigenvalue weighted by Gasteiger charge is -2.34.